The summed E-state index contributed by atoms with van der Waals surface area (Å²) in [6.45, 7) is 2.08. The number of pyridine rings is 1. The number of amides is 1. The van der Waals surface area contributed by atoms with E-state index >= 15 is 0 Å². The van der Waals surface area contributed by atoms with Gasteiger partial charge in [0.15, 0.2) is 17.5 Å². The number of aromatic amines is 1. The summed E-state index contributed by atoms with van der Waals surface area (Å²) >= 11 is 0. The van der Waals surface area contributed by atoms with E-state index in [1.54, 1.807) is 6.20 Å². The standard InChI is InChI=1S/C14H12N8O.C7H14O.H2/c1-7-8(2-3-9(19-7)12-17-6-18-22-12)10-4-15-14-13(20-10)16-5-11(23)21-14;1-8-7-5-3-2-4-6-7;/h2-4,6H,5H2,1H3,(H,16,20)(H,15,21,23)(H,17,18,22);7H,2-6H2,1H3;1H. The van der Waals surface area contributed by atoms with Gasteiger partial charge in [0.2, 0.25) is 5.91 Å². The molecule has 1 aliphatic heterocycles. The van der Waals surface area contributed by atoms with Gasteiger partial charge in [-0.3, -0.25) is 9.89 Å². The van der Waals surface area contributed by atoms with E-state index in [-0.39, 0.29) is 13.9 Å². The maximum absolute atomic E-state index is 11.3. The average Bonchev–Trinajstić information content (AvgIpc) is 3.35. The average molecular weight is 425 g/mol. The van der Waals surface area contributed by atoms with Crippen molar-refractivity contribution in [2.45, 2.75) is 45.1 Å². The number of carbonyl (C=O) groups excluding carboxylic acids is 1. The van der Waals surface area contributed by atoms with Gasteiger partial charge in [-0.05, 0) is 31.9 Å². The summed E-state index contributed by atoms with van der Waals surface area (Å²) in [6.07, 6.45) is 10.4. The molecule has 0 unspecified atom stereocenters. The van der Waals surface area contributed by atoms with Crippen molar-refractivity contribution in [1.82, 2.24) is 30.1 Å². The second kappa shape index (κ2) is 9.61. The van der Waals surface area contributed by atoms with Crippen molar-refractivity contribution >= 4 is 17.5 Å². The van der Waals surface area contributed by atoms with Crippen LogP contribution in [-0.4, -0.2) is 55.8 Å². The van der Waals surface area contributed by atoms with Gasteiger partial charge in [-0.1, -0.05) is 19.3 Å². The van der Waals surface area contributed by atoms with E-state index in [0.717, 1.165) is 11.3 Å². The lowest BCUT2D eigenvalue weighted by molar-refractivity contribution is -0.114. The number of nitrogens with one attached hydrogen (secondary N) is 3. The SMILES string of the molecule is COC1CCCCC1.Cc1nc(-c2ncn[nH]2)ccc1-c1cnc2c(n1)NCC(=O)N2.[HH]. The van der Waals surface area contributed by atoms with Crippen LogP contribution in [0.15, 0.2) is 24.7 Å². The zero-order chi connectivity index (χ0) is 21.6. The molecule has 3 aromatic rings. The smallest absolute Gasteiger partial charge is 0.244 e. The summed E-state index contributed by atoms with van der Waals surface area (Å²) in [6, 6.07) is 3.76. The van der Waals surface area contributed by atoms with Crippen LogP contribution in [-0.2, 0) is 9.53 Å². The van der Waals surface area contributed by atoms with E-state index < -0.39 is 0 Å². The number of ether oxygens (including phenoxy) is 1. The predicted molar refractivity (Wildman–Crippen MR) is 118 cm³/mol. The minimum Gasteiger partial charge on any atom is -0.381 e. The van der Waals surface area contributed by atoms with Crippen LogP contribution in [0.2, 0.25) is 0 Å². The molecule has 0 radical (unpaired) electrons. The summed E-state index contributed by atoms with van der Waals surface area (Å²) in [7, 11) is 1.82. The summed E-state index contributed by atoms with van der Waals surface area (Å²) in [5, 5.41) is 12.2. The van der Waals surface area contributed by atoms with Crippen LogP contribution in [0.1, 0.15) is 39.2 Å². The number of aryl methyl sites for hydroxylation is 1. The molecule has 1 aliphatic carbocycles. The molecule has 0 atom stereocenters. The number of carbonyl (C=O) groups is 1. The van der Waals surface area contributed by atoms with E-state index in [4.69, 9.17) is 4.74 Å². The van der Waals surface area contributed by atoms with Crippen LogP contribution in [0.4, 0.5) is 11.6 Å². The first kappa shape index (κ1) is 20.9. The highest BCUT2D eigenvalue weighted by molar-refractivity contribution is 5.98. The molecule has 1 fully saturated rings. The predicted octanol–water partition coefficient (Wildman–Crippen LogP) is 3.21. The number of hydrogen-bond acceptors (Lipinski definition) is 8. The summed E-state index contributed by atoms with van der Waals surface area (Å²) in [5.41, 5.74) is 3.05. The Balaban J connectivity index is 0.000000274. The minimum absolute atomic E-state index is 0. The lowest BCUT2D eigenvalue weighted by atomic mass is 9.98. The van der Waals surface area contributed by atoms with Crippen LogP contribution in [0.25, 0.3) is 22.8 Å². The molecule has 31 heavy (non-hydrogen) atoms. The third kappa shape index (κ3) is 5.02. The second-order valence-corrected chi connectivity index (χ2v) is 7.51. The molecule has 4 heterocycles. The maximum Gasteiger partial charge on any atom is 0.244 e. The third-order valence-electron chi connectivity index (χ3n) is 5.35. The fourth-order valence-electron chi connectivity index (χ4n) is 3.67. The molecular weight excluding hydrogens is 396 g/mol. The molecule has 10 nitrogen and oxygen atoms in total. The summed E-state index contributed by atoms with van der Waals surface area (Å²) < 4.78 is 5.19. The molecule has 0 aromatic carbocycles. The van der Waals surface area contributed by atoms with Crippen molar-refractivity contribution in [2.24, 2.45) is 0 Å². The number of H-pyrrole nitrogens is 1. The lowest BCUT2D eigenvalue weighted by Crippen LogP contribution is -2.28. The van der Waals surface area contributed by atoms with Gasteiger partial charge in [0.05, 0.1) is 24.5 Å². The van der Waals surface area contributed by atoms with Crippen molar-refractivity contribution in [3.05, 3.63) is 30.4 Å². The Kier molecular flexibility index (Phi) is 6.46. The van der Waals surface area contributed by atoms with Crippen molar-refractivity contribution in [3.63, 3.8) is 0 Å². The molecule has 3 N–H and O–H groups in total. The zero-order valence-corrected chi connectivity index (χ0v) is 17.7. The fourth-order valence-corrected chi connectivity index (χ4v) is 3.67. The summed E-state index contributed by atoms with van der Waals surface area (Å²) in [5.74, 6) is 1.48. The number of nitrogens with zero attached hydrogens (tertiary/aromatic N) is 5. The molecule has 1 saturated carbocycles. The molecule has 10 heteroatoms. The fraction of sp³-hybridized carbons (Fsp3) is 0.429. The number of hydrogen-bond donors (Lipinski definition) is 3. The Morgan fingerprint density at radius 2 is 1.90 bits per heavy atom. The maximum atomic E-state index is 11.3. The van der Waals surface area contributed by atoms with E-state index in [0.29, 0.717) is 35.0 Å². The molecule has 5 rings (SSSR count). The Hall–Kier alpha value is -3.40. The Labute approximate surface area is 181 Å². The van der Waals surface area contributed by atoms with Gasteiger partial charge in [0.25, 0.3) is 0 Å². The van der Waals surface area contributed by atoms with Gasteiger partial charge in [-0.15, -0.1) is 0 Å². The molecule has 164 valence electrons. The van der Waals surface area contributed by atoms with Gasteiger partial charge in [0, 0.05) is 19.8 Å². The van der Waals surface area contributed by atoms with Crippen LogP contribution in [0.3, 0.4) is 0 Å². The molecule has 0 bridgehead atoms. The number of rotatable bonds is 3. The quantitative estimate of drug-likeness (QED) is 0.584. The first-order valence-electron chi connectivity index (χ1n) is 10.4. The third-order valence-corrected chi connectivity index (χ3v) is 5.35. The van der Waals surface area contributed by atoms with E-state index in [1.165, 1.54) is 38.4 Å². The highest BCUT2D eigenvalue weighted by Gasteiger charge is 2.18. The first-order chi connectivity index (χ1) is 15.1. The van der Waals surface area contributed by atoms with Gasteiger partial charge < -0.3 is 15.4 Å². The Bertz CT molecular complexity index is 1040. The molecular formula is C21H28N8O2. The highest BCUT2D eigenvalue weighted by Crippen LogP contribution is 2.27. The van der Waals surface area contributed by atoms with Crippen LogP contribution < -0.4 is 10.6 Å². The molecule has 1 amide bonds. The van der Waals surface area contributed by atoms with E-state index in [1.807, 2.05) is 26.2 Å². The Morgan fingerprint density at radius 1 is 1.06 bits per heavy atom. The van der Waals surface area contributed by atoms with Crippen molar-refractivity contribution in [1.29, 1.82) is 0 Å². The van der Waals surface area contributed by atoms with Crippen molar-refractivity contribution in [2.75, 3.05) is 24.3 Å². The molecule has 0 spiro atoms. The highest BCUT2D eigenvalue weighted by atomic mass is 16.5. The normalized spacial score (nSPS) is 15.9. The van der Waals surface area contributed by atoms with Crippen LogP contribution in [0.5, 0.6) is 0 Å². The van der Waals surface area contributed by atoms with E-state index in [2.05, 4.69) is 40.8 Å². The van der Waals surface area contributed by atoms with Gasteiger partial charge in [-0.25, -0.2) is 19.9 Å². The largest absolute Gasteiger partial charge is 0.381 e. The van der Waals surface area contributed by atoms with Gasteiger partial charge in [-0.2, -0.15) is 5.10 Å². The van der Waals surface area contributed by atoms with Gasteiger partial charge >= 0.3 is 0 Å². The minimum atomic E-state index is -0.131. The number of fused-ring (bicyclic) bond motifs is 1. The van der Waals surface area contributed by atoms with Crippen molar-refractivity contribution in [3.8, 4) is 22.8 Å². The van der Waals surface area contributed by atoms with Crippen molar-refractivity contribution < 1.29 is 11.0 Å². The first-order valence-corrected chi connectivity index (χ1v) is 10.4. The van der Waals surface area contributed by atoms with Crippen LogP contribution in [0, 0.1) is 6.92 Å². The molecule has 2 aliphatic rings. The number of methoxy groups -OCH3 is 1. The zero-order valence-electron chi connectivity index (χ0n) is 17.7. The monoisotopic (exact) mass is 424 g/mol. The molecule has 0 saturated heterocycles. The number of aromatic nitrogens is 6. The topological polar surface area (TPSA) is 131 Å². The second-order valence-electron chi connectivity index (χ2n) is 7.51. The van der Waals surface area contributed by atoms with Gasteiger partial charge in [0.1, 0.15) is 12.0 Å². The Morgan fingerprint density at radius 3 is 2.58 bits per heavy atom. The molecule has 3 aromatic heterocycles. The van der Waals surface area contributed by atoms with E-state index in [9.17, 15) is 4.79 Å². The summed E-state index contributed by atoms with van der Waals surface area (Å²) in [4.78, 5) is 28.7. The van der Waals surface area contributed by atoms with Crippen LogP contribution >= 0.6 is 0 Å². The number of anilines is 2. The lowest BCUT2D eigenvalue weighted by Gasteiger charge is -2.19.